The highest BCUT2D eigenvalue weighted by Crippen LogP contribution is 2.33. The van der Waals surface area contributed by atoms with Gasteiger partial charge in [-0.1, -0.05) is 15.9 Å². The zero-order valence-corrected chi connectivity index (χ0v) is 11.1. The molecule has 106 valence electrons. The molecule has 0 radical (unpaired) electrons. The van der Waals surface area contributed by atoms with Gasteiger partial charge in [-0.05, 0) is 18.2 Å². The van der Waals surface area contributed by atoms with Crippen LogP contribution in [0.25, 0.3) is 0 Å². The first-order chi connectivity index (χ1) is 9.35. The molecule has 0 aliphatic rings. The second kappa shape index (κ2) is 5.49. The van der Waals surface area contributed by atoms with Crippen molar-refractivity contribution in [1.29, 1.82) is 0 Å². The van der Waals surface area contributed by atoms with Gasteiger partial charge in [0.25, 0.3) is 5.91 Å². The second-order valence-electron chi connectivity index (χ2n) is 3.48. The summed E-state index contributed by atoms with van der Waals surface area (Å²) < 4.78 is 41.1. The van der Waals surface area contributed by atoms with Gasteiger partial charge in [0.05, 0.1) is 5.69 Å². The average Bonchev–Trinajstić information content (AvgIpc) is 2.84. The van der Waals surface area contributed by atoms with Crippen LogP contribution in [0.3, 0.4) is 0 Å². The number of carbonyl (C=O) groups excluding carboxylic acids is 1. The number of rotatable bonds is 3. The van der Waals surface area contributed by atoms with E-state index in [9.17, 15) is 18.0 Å². The van der Waals surface area contributed by atoms with Crippen LogP contribution in [0.1, 0.15) is 10.6 Å². The Morgan fingerprint density at radius 3 is 2.75 bits per heavy atom. The summed E-state index contributed by atoms with van der Waals surface area (Å²) in [5, 5.41) is 8.00. The van der Waals surface area contributed by atoms with Gasteiger partial charge in [0.15, 0.2) is 5.75 Å². The summed E-state index contributed by atoms with van der Waals surface area (Å²) in [6.07, 6.45) is -3.77. The monoisotopic (exact) mass is 350 g/mol. The van der Waals surface area contributed by atoms with Crippen LogP contribution in [0.4, 0.5) is 18.9 Å². The van der Waals surface area contributed by atoms with Crippen molar-refractivity contribution in [3.8, 4) is 5.75 Å². The zero-order valence-electron chi connectivity index (χ0n) is 9.53. The highest BCUT2D eigenvalue weighted by molar-refractivity contribution is 9.10. The molecule has 0 aliphatic carbocycles. The number of hydrogen-bond acceptors (Lipinski definition) is 4. The summed E-state index contributed by atoms with van der Waals surface area (Å²) >= 11 is 3.02. The third-order valence-electron chi connectivity index (χ3n) is 2.05. The maximum Gasteiger partial charge on any atom is 0.573 e. The van der Waals surface area contributed by atoms with Gasteiger partial charge in [0.1, 0.15) is 6.33 Å². The number of anilines is 1. The second-order valence-corrected chi connectivity index (χ2v) is 4.39. The number of aromatic nitrogens is 3. The Kier molecular flexibility index (Phi) is 3.93. The van der Waals surface area contributed by atoms with E-state index in [2.05, 4.69) is 41.2 Å². The fourth-order valence-electron chi connectivity index (χ4n) is 1.30. The number of carbonyl (C=O) groups is 1. The molecule has 10 heteroatoms. The molecular weight excluding hydrogens is 345 g/mol. The first-order valence-corrected chi connectivity index (χ1v) is 5.86. The summed E-state index contributed by atoms with van der Waals surface area (Å²) in [5.74, 6) is -1.41. The van der Waals surface area contributed by atoms with E-state index in [1.54, 1.807) is 0 Å². The van der Waals surface area contributed by atoms with Gasteiger partial charge in [-0.3, -0.25) is 9.89 Å². The average molecular weight is 351 g/mol. The molecule has 0 spiro atoms. The van der Waals surface area contributed by atoms with Crippen LogP contribution < -0.4 is 10.1 Å². The molecule has 0 aliphatic heterocycles. The maximum absolute atomic E-state index is 12.3. The normalized spacial score (nSPS) is 11.2. The maximum atomic E-state index is 12.3. The Bertz CT molecular complexity index is 615. The van der Waals surface area contributed by atoms with Crippen LogP contribution in [0.5, 0.6) is 5.75 Å². The van der Waals surface area contributed by atoms with Gasteiger partial charge in [-0.25, -0.2) is 4.98 Å². The van der Waals surface area contributed by atoms with E-state index in [4.69, 9.17) is 0 Å². The first kappa shape index (κ1) is 14.3. The fraction of sp³-hybridized carbons (Fsp3) is 0.100. The molecule has 2 aromatic rings. The lowest BCUT2D eigenvalue weighted by Crippen LogP contribution is -2.20. The molecule has 1 heterocycles. The number of alkyl halides is 3. The lowest BCUT2D eigenvalue weighted by atomic mass is 10.3. The SMILES string of the molecule is O=C(Nc1ccc(Br)cc1OC(F)(F)F)c1ncn[nH]1. The van der Waals surface area contributed by atoms with Gasteiger partial charge in [-0.2, -0.15) is 5.10 Å². The molecule has 0 bridgehead atoms. The Hall–Kier alpha value is -2.10. The standard InChI is InChI=1S/C10H6BrF3N4O2/c11-5-1-2-6(7(3-5)20-10(12,13)14)17-9(19)8-15-4-16-18-8/h1-4H,(H,17,19)(H,15,16,18). The van der Waals surface area contributed by atoms with Crippen molar-refractivity contribution in [2.75, 3.05) is 5.32 Å². The van der Waals surface area contributed by atoms with Crippen LogP contribution >= 0.6 is 15.9 Å². The zero-order chi connectivity index (χ0) is 14.8. The first-order valence-electron chi connectivity index (χ1n) is 5.07. The predicted octanol–water partition coefficient (Wildman–Crippen LogP) is 2.72. The number of halogens is 4. The van der Waals surface area contributed by atoms with E-state index in [0.29, 0.717) is 4.47 Å². The minimum Gasteiger partial charge on any atom is -0.404 e. The highest BCUT2D eigenvalue weighted by Gasteiger charge is 2.32. The van der Waals surface area contributed by atoms with Gasteiger partial charge in [0.2, 0.25) is 5.82 Å². The molecule has 2 rings (SSSR count). The third-order valence-corrected chi connectivity index (χ3v) is 2.54. The van der Waals surface area contributed by atoms with Crippen molar-refractivity contribution in [3.05, 3.63) is 34.8 Å². The van der Waals surface area contributed by atoms with Gasteiger partial charge in [0, 0.05) is 4.47 Å². The quantitative estimate of drug-likeness (QED) is 0.891. The third kappa shape index (κ3) is 3.70. The van der Waals surface area contributed by atoms with Gasteiger partial charge >= 0.3 is 6.36 Å². The van der Waals surface area contributed by atoms with Crippen LogP contribution in [0, 0.1) is 0 Å². The molecule has 1 amide bonds. The van der Waals surface area contributed by atoms with Crippen LogP contribution in [-0.4, -0.2) is 27.5 Å². The van der Waals surface area contributed by atoms with Crippen LogP contribution in [0.15, 0.2) is 29.0 Å². The molecule has 0 atom stereocenters. The molecular formula is C10H6BrF3N4O2. The molecule has 0 unspecified atom stereocenters. The molecule has 20 heavy (non-hydrogen) atoms. The summed E-state index contributed by atoms with van der Waals surface area (Å²) in [6, 6.07) is 3.81. The Balaban J connectivity index is 2.25. The molecule has 1 aromatic heterocycles. The van der Waals surface area contributed by atoms with Crippen molar-refractivity contribution in [1.82, 2.24) is 15.2 Å². The van der Waals surface area contributed by atoms with E-state index in [0.717, 1.165) is 12.4 Å². The van der Waals surface area contributed by atoms with Gasteiger partial charge < -0.3 is 10.1 Å². The Morgan fingerprint density at radius 1 is 1.40 bits per heavy atom. The summed E-state index contributed by atoms with van der Waals surface area (Å²) in [6.45, 7) is 0. The molecule has 0 saturated carbocycles. The molecule has 1 aromatic carbocycles. The topological polar surface area (TPSA) is 79.9 Å². The molecule has 0 saturated heterocycles. The number of H-pyrrole nitrogens is 1. The number of benzene rings is 1. The van der Waals surface area contributed by atoms with Crippen molar-refractivity contribution in [2.24, 2.45) is 0 Å². The smallest absolute Gasteiger partial charge is 0.404 e. The lowest BCUT2D eigenvalue weighted by molar-refractivity contribution is -0.274. The minimum atomic E-state index is -4.87. The van der Waals surface area contributed by atoms with E-state index in [1.807, 2.05) is 0 Å². The van der Waals surface area contributed by atoms with E-state index in [1.165, 1.54) is 12.1 Å². The largest absolute Gasteiger partial charge is 0.573 e. The Morgan fingerprint density at radius 2 is 2.15 bits per heavy atom. The van der Waals surface area contributed by atoms with Crippen LogP contribution in [0.2, 0.25) is 0 Å². The van der Waals surface area contributed by atoms with Crippen molar-refractivity contribution < 1.29 is 22.7 Å². The van der Waals surface area contributed by atoms with Crippen molar-refractivity contribution in [2.45, 2.75) is 6.36 Å². The number of hydrogen-bond donors (Lipinski definition) is 2. The Labute approximate surface area is 118 Å². The highest BCUT2D eigenvalue weighted by atomic mass is 79.9. The van der Waals surface area contributed by atoms with E-state index < -0.39 is 18.0 Å². The minimum absolute atomic E-state index is 0.133. The van der Waals surface area contributed by atoms with Crippen LogP contribution in [-0.2, 0) is 0 Å². The number of ether oxygens (including phenoxy) is 1. The summed E-state index contributed by atoms with van der Waals surface area (Å²) in [5.41, 5.74) is -0.146. The number of nitrogens with one attached hydrogen (secondary N) is 2. The lowest BCUT2D eigenvalue weighted by Gasteiger charge is -2.13. The van der Waals surface area contributed by atoms with Gasteiger partial charge in [-0.15, -0.1) is 13.2 Å². The molecule has 0 fully saturated rings. The van der Waals surface area contributed by atoms with Crippen molar-refractivity contribution >= 4 is 27.5 Å². The number of nitrogens with zero attached hydrogens (tertiary/aromatic N) is 2. The summed E-state index contributed by atoms with van der Waals surface area (Å²) in [7, 11) is 0. The molecule has 2 N–H and O–H groups in total. The van der Waals surface area contributed by atoms with E-state index in [-0.39, 0.29) is 11.5 Å². The summed E-state index contributed by atoms with van der Waals surface area (Å²) in [4.78, 5) is 15.3. The van der Waals surface area contributed by atoms with Crippen molar-refractivity contribution in [3.63, 3.8) is 0 Å². The predicted molar refractivity (Wildman–Crippen MR) is 65.2 cm³/mol. The van der Waals surface area contributed by atoms with E-state index >= 15 is 0 Å². The number of aromatic amines is 1. The fourth-order valence-corrected chi connectivity index (χ4v) is 1.65. The number of amides is 1. The molecule has 6 nitrogen and oxygen atoms in total.